The van der Waals surface area contributed by atoms with Crippen LogP contribution in [0.2, 0.25) is 0 Å². The molecular weight excluding hydrogens is 152 g/mol. The maximum absolute atomic E-state index is 8.57. The molecule has 0 bridgehead atoms. The van der Waals surface area contributed by atoms with Crippen LogP contribution in [0.1, 0.15) is 0 Å². The molecule has 0 aliphatic carbocycles. The SMILES string of the molecule is CN1CCNCC1.O=CCl. The smallest absolute Gasteiger partial charge is 0.208 e. The van der Waals surface area contributed by atoms with E-state index in [1.807, 2.05) is 0 Å². The molecule has 0 aromatic heterocycles. The van der Waals surface area contributed by atoms with Crippen LogP contribution in [-0.4, -0.2) is 43.9 Å². The van der Waals surface area contributed by atoms with Gasteiger partial charge in [0.25, 0.3) is 0 Å². The average Bonchev–Trinajstić information content (AvgIpc) is 1.91. The summed E-state index contributed by atoms with van der Waals surface area (Å²) in [6.07, 6.45) is 0. The zero-order valence-corrected chi connectivity index (χ0v) is 6.90. The number of rotatable bonds is 0. The van der Waals surface area contributed by atoms with E-state index in [1.54, 1.807) is 0 Å². The molecule has 0 aromatic rings. The van der Waals surface area contributed by atoms with Crippen LogP contribution >= 0.6 is 11.6 Å². The Morgan fingerprint density at radius 1 is 1.50 bits per heavy atom. The summed E-state index contributed by atoms with van der Waals surface area (Å²) in [4.78, 5) is 10.9. The van der Waals surface area contributed by atoms with Gasteiger partial charge in [0.2, 0.25) is 5.75 Å². The first-order valence-corrected chi connectivity index (χ1v) is 3.68. The lowest BCUT2D eigenvalue weighted by Crippen LogP contribution is -2.40. The van der Waals surface area contributed by atoms with Crippen LogP contribution in [-0.2, 0) is 4.79 Å². The molecule has 60 valence electrons. The van der Waals surface area contributed by atoms with Crippen LogP contribution in [0, 0.1) is 0 Å². The maximum atomic E-state index is 8.57. The van der Waals surface area contributed by atoms with Gasteiger partial charge in [-0.15, -0.1) is 0 Å². The average molecular weight is 165 g/mol. The summed E-state index contributed by atoms with van der Waals surface area (Å²) in [5.41, 5.74) is 0. The lowest BCUT2D eigenvalue weighted by Gasteiger charge is -2.21. The number of hydrogen-bond donors (Lipinski definition) is 1. The standard InChI is InChI=1S/C5H12N2.CHClO/c1-7-4-2-6-3-5-7;2-1-3/h6H,2-5H2,1H3;1H. The normalized spacial score (nSPS) is 19.0. The highest BCUT2D eigenvalue weighted by atomic mass is 35.5. The van der Waals surface area contributed by atoms with Crippen molar-refractivity contribution in [1.29, 1.82) is 0 Å². The first-order chi connectivity index (χ1) is 4.81. The van der Waals surface area contributed by atoms with E-state index in [0.717, 1.165) is 13.1 Å². The van der Waals surface area contributed by atoms with Gasteiger partial charge in [0.1, 0.15) is 0 Å². The van der Waals surface area contributed by atoms with E-state index in [0.29, 0.717) is 0 Å². The van der Waals surface area contributed by atoms with Crippen molar-refractivity contribution in [2.45, 2.75) is 0 Å². The number of carbonyl (C=O) groups excluding carboxylic acids is 1. The largest absolute Gasteiger partial charge is 0.314 e. The molecule has 0 radical (unpaired) electrons. The van der Waals surface area contributed by atoms with E-state index < -0.39 is 0 Å². The number of halogens is 1. The highest BCUT2D eigenvalue weighted by Gasteiger charge is 2.01. The molecule has 3 nitrogen and oxygen atoms in total. The zero-order valence-electron chi connectivity index (χ0n) is 6.14. The minimum absolute atomic E-state index is 0.222. The van der Waals surface area contributed by atoms with E-state index in [1.165, 1.54) is 13.1 Å². The van der Waals surface area contributed by atoms with E-state index in [9.17, 15) is 0 Å². The van der Waals surface area contributed by atoms with Gasteiger partial charge in [0, 0.05) is 26.2 Å². The van der Waals surface area contributed by atoms with Gasteiger partial charge < -0.3 is 10.2 Å². The monoisotopic (exact) mass is 164 g/mol. The van der Waals surface area contributed by atoms with E-state index in [-0.39, 0.29) is 5.75 Å². The Hall–Kier alpha value is -0.120. The highest BCUT2D eigenvalue weighted by molar-refractivity contribution is 6.54. The number of hydrogen-bond acceptors (Lipinski definition) is 3. The Labute approximate surface area is 66.3 Å². The van der Waals surface area contributed by atoms with Gasteiger partial charge in [0.05, 0.1) is 0 Å². The van der Waals surface area contributed by atoms with Gasteiger partial charge in [-0.25, -0.2) is 0 Å². The van der Waals surface area contributed by atoms with Gasteiger partial charge in [-0.2, -0.15) is 0 Å². The molecule has 0 unspecified atom stereocenters. The highest BCUT2D eigenvalue weighted by Crippen LogP contribution is 1.82. The van der Waals surface area contributed by atoms with Crippen molar-refractivity contribution in [2.24, 2.45) is 0 Å². The van der Waals surface area contributed by atoms with Crippen molar-refractivity contribution in [3.8, 4) is 0 Å². The summed E-state index contributed by atoms with van der Waals surface area (Å²) < 4.78 is 0. The molecule has 1 rings (SSSR count). The number of nitrogens with one attached hydrogen (secondary N) is 1. The van der Waals surface area contributed by atoms with Crippen molar-refractivity contribution in [3.05, 3.63) is 0 Å². The molecule has 0 aromatic carbocycles. The summed E-state index contributed by atoms with van der Waals surface area (Å²) in [6, 6.07) is 0. The molecule has 1 aliphatic heterocycles. The third kappa shape index (κ3) is 6.01. The molecule has 0 amide bonds. The first kappa shape index (κ1) is 9.88. The van der Waals surface area contributed by atoms with E-state index in [4.69, 9.17) is 4.79 Å². The van der Waals surface area contributed by atoms with Crippen molar-refractivity contribution >= 4 is 17.3 Å². The molecule has 1 fully saturated rings. The third-order valence-corrected chi connectivity index (χ3v) is 1.34. The van der Waals surface area contributed by atoms with Gasteiger partial charge >= 0.3 is 0 Å². The molecule has 1 N–H and O–H groups in total. The predicted molar refractivity (Wildman–Crippen MR) is 43.0 cm³/mol. The van der Waals surface area contributed by atoms with Crippen LogP contribution in [0.15, 0.2) is 0 Å². The van der Waals surface area contributed by atoms with Crippen LogP contribution in [0.3, 0.4) is 0 Å². The molecule has 4 heteroatoms. The maximum Gasteiger partial charge on any atom is 0.208 e. The molecule has 0 saturated carbocycles. The first-order valence-electron chi connectivity index (χ1n) is 3.24. The molecule has 1 saturated heterocycles. The Morgan fingerprint density at radius 2 is 1.90 bits per heavy atom. The fourth-order valence-corrected chi connectivity index (χ4v) is 0.777. The van der Waals surface area contributed by atoms with Crippen molar-refractivity contribution in [3.63, 3.8) is 0 Å². The summed E-state index contributed by atoms with van der Waals surface area (Å²) in [7, 11) is 2.15. The second-order valence-electron chi connectivity index (χ2n) is 2.14. The lowest BCUT2D eigenvalue weighted by atomic mass is 10.4. The van der Waals surface area contributed by atoms with Crippen LogP contribution in [0.25, 0.3) is 0 Å². The summed E-state index contributed by atoms with van der Waals surface area (Å²) in [5.74, 6) is 0.222. The van der Waals surface area contributed by atoms with Crippen LogP contribution in [0.5, 0.6) is 0 Å². The number of carbonyl (C=O) groups is 1. The summed E-state index contributed by atoms with van der Waals surface area (Å²) in [5, 5.41) is 3.27. The second-order valence-corrected chi connectivity index (χ2v) is 2.32. The van der Waals surface area contributed by atoms with E-state index in [2.05, 4.69) is 28.9 Å². The molecule has 1 aliphatic rings. The number of nitrogens with zero attached hydrogens (tertiary/aromatic N) is 1. The minimum atomic E-state index is 0.222. The summed E-state index contributed by atoms with van der Waals surface area (Å²) in [6.45, 7) is 4.74. The van der Waals surface area contributed by atoms with Crippen LogP contribution < -0.4 is 5.32 Å². The van der Waals surface area contributed by atoms with Gasteiger partial charge in [-0.05, 0) is 18.6 Å². The minimum Gasteiger partial charge on any atom is -0.314 e. The van der Waals surface area contributed by atoms with Crippen LogP contribution in [0.4, 0.5) is 0 Å². The van der Waals surface area contributed by atoms with Gasteiger partial charge in [-0.1, -0.05) is 0 Å². The molecular formula is C6H13ClN2O. The Kier molecular flexibility index (Phi) is 6.91. The number of likely N-dealkylation sites (N-methyl/N-ethyl adjacent to an activating group) is 1. The fourth-order valence-electron chi connectivity index (χ4n) is 0.777. The Bertz CT molecular complexity index is 83.8. The molecule has 0 spiro atoms. The molecule has 0 atom stereocenters. The second kappa shape index (κ2) is 6.99. The summed E-state index contributed by atoms with van der Waals surface area (Å²) >= 11 is 4.32. The van der Waals surface area contributed by atoms with Gasteiger partial charge in [-0.3, -0.25) is 4.79 Å². The topological polar surface area (TPSA) is 32.3 Å². The quantitative estimate of drug-likeness (QED) is 0.402. The fraction of sp³-hybridized carbons (Fsp3) is 0.833. The van der Waals surface area contributed by atoms with Crippen molar-refractivity contribution in [2.75, 3.05) is 33.2 Å². The third-order valence-electron chi connectivity index (χ3n) is 1.34. The molecule has 10 heavy (non-hydrogen) atoms. The number of piperazine rings is 1. The van der Waals surface area contributed by atoms with E-state index >= 15 is 0 Å². The molecule has 1 heterocycles. The van der Waals surface area contributed by atoms with Crippen molar-refractivity contribution in [1.82, 2.24) is 10.2 Å². The lowest BCUT2D eigenvalue weighted by molar-refractivity contribution is 0.291. The Morgan fingerprint density at radius 3 is 2.10 bits per heavy atom. The zero-order chi connectivity index (χ0) is 7.82. The van der Waals surface area contributed by atoms with Gasteiger partial charge in [0.15, 0.2) is 0 Å². The predicted octanol–water partition coefficient (Wildman–Crippen LogP) is -0.0632. The Balaban J connectivity index is 0.000000236. The van der Waals surface area contributed by atoms with Crippen molar-refractivity contribution < 1.29 is 4.79 Å².